The first-order valence-corrected chi connectivity index (χ1v) is 9.75. The number of nitrogens with zero attached hydrogens (tertiary/aromatic N) is 2. The van der Waals surface area contributed by atoms with Gasteiger partial charge < -0.3 is 19.3 Å². The summed E-state index contributed by atoms with van der Waals surface area (Å²) < 4.78 is 17.5. The topological polar surface area (TPSA) is 73.7 Å². The molecule has 1 aliphatic rings. The van der Waals surface area contributed by atoms with Gasteiger partial charge in [-0.25, -0.2) is 4.98 Å². The summed E-state index contributed by atoms with van der Waals surface area (Å²) in [5, 5.41) is 11.9. The Morgan fingerprint density at radius 1 is 1.00 bits per heavy atom. The van der Waals surface area contributed by atoms with Gasteiger partial charge in [0.25, 0.3) is 0 Å². The van der Waals surface area contributed by atoms with Crippen molar-refractivity contribution in [1.29, 1.82) is 0 Å². The van der Waals surface area contributed by atoms with Crippen LogP contribution in [0.4, 0.5) is 0 Å². The SMILES string of the molecule is OC1c2cc(OCc3ccc4ccccc4n3)ccc2OCC1Oc1cccnc1. The summed E-state index contributed by atoms with van der Waals surface area (Å²) in [5.41, 5.74) is 2.41. The summed E-state index contributed by atoms with van der Waals surface area (Å²) in [4.78, 5) is 8.66. The predicted octanol–water partition coefficient (Wildman–Crippen LogP) is 4.08. The minimum atomic E-state index is -0.837. The zero-order chi connectivity index (χ0) is 20.3. The van der Waals surface area contributed by atoms with E-state index in [1.807, 2.05) is 48.5 Å². The maximum atomic E-state index is 10.8. The molecule has 4 aromatic rings. The first-order valence-electron chi connectivity index (χ1n) is 9.75. The third kappa shape index (κ3) is 3.77. The van der Waals surface area contributed by atoms with Crippen molar-refractivity contribution in [3.63, 3.8) is 0 Å². The van der Waals surface area contributed by atoms with Gasteiger partial charge in [0.15, 0.2) is 6.10 Å². The van der Waals surface area contributed by atoms with Crippen molar-refractivity contribution in [2.75, 3.05) is 6.61 Å². The highest BCUT2D eigenvalue weighted by molar-refractivity contribution is 5.78. The molecule has 6 heteroatoms. The Bertz CT molecular complexity index is 1170. The largest absolute Gasteiger partial charge is 0.489 e. The van der Waals surface area contributed by atoms with Crippen LogP contribution >= 0.6 is 0 Å². The molecule has 150 valence electrons. The molecule has 6 nitrogen and oxygen atoms in total. The van der Waals surface area contributed by atoms with Crippen LogP contribution in [0.15, 0.2) is 79.1 Å². The maximum Gasteiger partial charge on any atom is 0.163 e. The van der Waals surface area contributed by atoms with E-state index in [-0.39, 0.29) is 6.61 Å². The van der Waals surface area contributed by atoms with Gasteiger partial charge in [0.2, 0.25) is 0 Å². The van der Waals surface area contributed by atoms with Crippen LogP contribution in [0.1, 0.15) is 17.4 Å². The molecule has 1 N–H and O–H groups in total. The van der Waals surface area contributed by atoms with Crippen LogP contribution < -0.4 is 14.2 Å². The Hall–Kier alpha value is -3.64. The molecule has 3 heterocycles. The number of ether oxygens (including phenoxy) is 3. The van der Waals surface area contributed by atoms with E-state index in [2.05, 4.69) is 9.97 Å². The number of benzene rings is 2. The summed E-state index contributed by atoms with van der Waals surface area (Å²) in [7, 11) is 0. The maximum absolute atomic E-state index is 10.8. The van der Waals surface area contributed by atoms with E-state index in [1.165, 1.54) is 0 Å². The molecule has 0 aliphatic carbocycles. The minimum absolute atomic E-state index is 0.254. The highest BCUT2D eigenvalue weighted by Crippen LogP contribution is 2.36. The van der Waals surface area contributed by atoms with Gasteiger partial charge in [-0.15, -0.1) is 0 Å². The number of aromatic nitrogens is 2. The highest BCUT2D eigenvalue weighted by atomic mass is 16.5. The lowest BCUT2D eigenvalue weighted by Gasteiger charge is -2.30. The van der Waals surface area contributed by atoms with E-state index in [9.17, 15) is 5.11 Å². The number of rotatable bonds is 5. The molecule has 2 unspecified atom stereocenters. The molecular weight excluding hydrogens is 380 g/mol. The van der Waals surface area contributed by atoms with Crippen LogP contribution in [0.5, 0.6) is 17.2 Å². The van der Waals surface area contributed by atoms with Gasteiger partial charge >= 0.3 is 0 Å². The Balaban J connectivity index is 1.30. The van der Waals surface area contributed by atoms with Crippen LogP contribution in [0.25, 0.3) is 10.9 Å². The third-order valence-corrected chi connectivity index (χ3v) is 5.02. The van der Waals surface area contributed by atoms with E-state index in [1.54, 1.807) is 30.6 Å². The molecule has 0 spiro atoms. The molecule has 2 aromatic heterocycles. The molecule has 0 bridgehead atoms. The van der Waals surface area contributed by atoms with Crippen LogP contribution in [0.2, 0.25) is 0 Å². The molecule has 2 atom stereocenters. The molecule has 1 aliphatic heterocycles. The third-order valence-electron chi connectivity index (χ3n) is 5.02. The summed E-state index contributed by atoms with van der Waals surface area (Å²) in [6.45, 7) is 0.584. The van der Waals surface area contributed by atoms with Gasteiger partial charge in [-0.2, -0.15) is 0 Å². The van der Waals surface area contributed by atoms with E-state index in [4.69, 9.17) is 14.2 Å². The van der Waals surface area contributed by atoms with E-state index in [0.717, 1.165) is 16.6 Å². The molecule has 2 aromatic carbocycles. The van der Waals surface area contributed by atoms with Crippen molar-refractivity contribution in [3.05, 3.63) is 90.4 Å². The number of aliphatic hydroxyl groups excluding tert-OH is 1. The first-order chi connectivity index (χ1) is 14.8. The molecule has 0 saturated heterocycles. The summed E-state index contributed by atoms with van der Waals surface area (Å²) in [6, 6.07) is 21.0. The lowest BCUT2D eigenvalue weighted by molar-refractivity contribution is -0.0106. The summed E-state index contributed by atoms with van der Waals surface area (Å²) >= 11 is 0. The summed E-state index contributed by atoms with van der Waals surface area (Å²) in [5.74, 6) is 1.85. The molecule has 5 rings (SSSR count). The van der Waals surface area contributed by atoms with E-state index >= 15 is 0 Å². The smallest absolute Gasteiger partial charge is 0.163 e. The number of hydrogen-bond acceptors (Lipinski definition) is 6. The number of aliphatic hydroxyl groups is 1. The molecular formula is C24H20N2O4. The molecule has 0 saturated carbocycles. The first kappa shape index (κ1) is 18.4. The highest BCUT2D eigenvalue weighted by Gasteiger charge is 2.31. The van der Waals surface area contributed by atoms with Crippen LogP contribution in [0, 0.1) is 0 Å². The predicted molar refractivity (Wildman–Crippen MR) is 112 cm³/mol. The van der Waals surface area contributed by atoms with Crippen LogP contribution in [-0.4, -0.2) is 27.8 Å². The zero-order valence-electron chi connectivity index (χ0n) is 16.1. The normalized spacial score (nSPS) is 17.8. The second kappa shape index (κ2) is 8.00. The number of pyridine rings is 2. The molecule has 0 fully saturated rings. The monoisotopic (exact) mass is 400 g/mol. The molecule has 0 amide bonds. The Kier molecular flexibility index (Phi) is 4.91. The lowest BCUT2D eigenvalue weighted by Crippen LogP contribution is -2.35. The standard InChI is InChI=1S/C24H20N2O4/c27-24-20-12-18(28-14-17-8-7-16-4-1-2-6-21(16)26-17)9-10-22(20)29-15-23(24)30-19-5-3-11-25-13-19/h1-13,23-24,27H,14-15H2. The van der Waals surface area contributed by atoms with Gasteiger partial charge in [0.1, 0.15) is 36.6 Å². The van der Waals surface area contributed by atoms with Gasteiger partial charge in [0.05, 0.1) is 17.4 Å². The number of hydrogen-bond donors (Lipinski definition) is 1. The molecule has 0 radical (unpaired) electrons. The average molecular weight is 400 g/mol. The second-order valence-electron chi connectivity index (χ2n) is 7.08. The van der Waals surface area contributed by atoms with Crippen molar-refractivity contribution in [2.24, 2.45) is 0 Å². The van der Waals surface area contributed by atoms with Gasteiger partial charge in [0, 0.05) is 17.1 Å². The van der Waals surface area contributed by atoms with Crippen LogP contribution in [0.3, 0.4) is 0 Å². The van der Waals surface area contributed by atoms with Gasteiger partial charge in [-0.05, 0) is 42.5 Å². The Morgan fingerprint density at radius 2 is 1.93 bits per heavy atom. The zero-order valence-corrected chi connectivity index (χ0v) is 16.1. The average Bonchev–Trinajstić information content (AvgIpc) is 2.80. The van der Waals surface area contributed by atoms with Crippen molar-refractivity contribution < 1.29 is 19.3 Å². The summed E-state index contributed by atoms with van der Waals surface area (Å²) in [6.07, 6.45) is 1.91. The minimum Gasteiger partial charge on any atom is -0.489 e. The fourth-order valence-corrected chi connectivity index (χ4v) is 3.48. The second-order valence-corrected chi connectivity index (χ2v) is 7.08. The Morgan fingerprint density at radius 3 is 2.83 bits per heavy atom. The van der Waals surface area contributed by atoms with Gasteiger partial charge in [-0.3, -0.25) is 4.98 Å². The van der Waals surface area contributed by atoms with E-state index in [0.29, 0.717) is 29.4 Å². The lowest BCUT2D eigenvalue weighted by atomic mass is 10.0. The van der Waals surface area contributed by atoms with Crippen LogP contribution in [-0.2, 0) is 6.61 Å². The van der Waals surface area contributed by atoms with E-state index < -0.39 is 12.2 Å². The number of fused-ring (bicyclic) bond motifs is 2. The van der Waals surface area contributed by atoms with Crippen molar-refractivity contribution in [1.82, 2.24) is 9.97 Å². The molecule has 30 heavy (non-hydrogen) atoms. The van der Waals surface area contributed by atoms with Crippen molar-refractivity contribution in [2.45, 2.75) is 18.8 Å². The quantitative estimate of drug-likeness (QED) is 0.544. The fourth-order valence-electron chi connectivity index (χ4n) is 3.48. The van der Waals surface area contributed by atoms with Crippen molar-refractivity contribution >= 4 is 10.9 Å². The fraction of sp³-hybridized carbons (Fsp3) is 0.167. The Labute approximate surface area is 173 Å². The van der Waals surface area contributed by atoms with Crippen molar-refractivity contribution in [3.8, 4) is 17.2 Å². The van der Waals surface area contributed by atoms with Gasteiger partial charge in [-0.1, -0.05) is 24.3 Å². The number of para-hydroxylation sites is 1.